The van der Waals surface area contributed by atoms with Crippen LogP contribution >= 0.6 is 0 Å². The van der Waals surface area contributed by atoms with Crippen molar-refractivity contribution in [2.24, 2.45) is 10.2 Å². The summed E-state index contributed by atoms with van der Waals surface area (Å²) in [5.74, 6) is -0.279. The van der Waals surface area contributed by atoms with E-state index in [-0.39, 0.29) is 27.8 Å². The Hall–Kier alpha value is -3.91. The van der Waals surface area contributed by atoms with Crippen molar-refractivity contribution in [2.75, 3.05) is 4.72 Å². The maximum Gasteiger partial charge on any atom is 0.261 e. The van der Waals surface area contributed by atoms with E-state index in [9.17, 15) is 18.6 Å². The summed E-state index contributed by atoms with van der Waals surface area (Å²) < 4.78 is 27.8. The minimum Gasteiger partial charge on any atom is -0.506 e. The lowest BCUT2D eigenvalue weighted by Gasteiger charge is -2.09. The molecule has 156 valence electrons. The Labute approximate surface area is 179 Å². The van der Waals surface area contributed by atoms with E-state index < -0.39 is 10.0 Å². The first kappa shape index (κ1) is 20.4. The fourth-order valence-corrected chi connectivity index (χ4v) is 4.26. The molecule has 0 aromatic heterocycles. The largest absolute Gasteiger partial charge is 0.506 e. The number of hydrogen-bond donors (Lipinski definition) is 3. The van der Waals surface area contributed by atoms with Gasteiger partial charge in [0, 0.05) is 11.1 Å². The minimum atomic E-state index is -3.89. The number of fused-ring (bicyclic) bond motifs is 1. The van der Waals surface area contributed by atoms with Gasteiger partial charge < -0.3 is 10.2 Å². The summed E-state index contributed by atoms with van der Waals surface area (Å²) in [6, 6.07) is 21.2. The van der Waals surface area contributed by atoms with Gasteiger partial charge >= 0.3 is 0 Å². The van der Waals surface area contributed by atoms with Gasteiger partial charge in [-0.2, -0.15) is 0 Å². The molecule has 31 heavy (non-hydrogen) atoms. The Morgan fingerprint density at radius 3 is 2.16 bits per heavy atom. The molecule has 4 rings (SSSR count). The van der Waals surface area contributed by atoms with E-state index in [1.807, 2.05) is 25.1 Å². The third-order valence-corrected chi connectivity index (χ3v) is 6.13. The molecule has 0 aliphatic heterocycles. The van der Waals surface area contributed by atoms with Crippen molar-refractivity contribution in [1.82, 2.24) is 0 Å². The van der Waals surface area contributed by atoms with Crippen molar-refractivity contribution in [3.05, 3.63) is 84.4 Å². The van der Waals surface area contributed by atoms with Crippen molar-refractivity contribution >= 4 is 37.9 Å². The van der Waals surface area contributed by atoms with Crippen LogP contribution in [0.1, 0.15) is 5.56 Å². The van der Waals surface area contributed by atoms with Crippen molar-refractivity contribution in [3.8, 4) is 11.5 Å². The van der Waals surface area contributed by atoms with Gasteiger partial charge in [0.25, 0.3) is 10.0 Å². The number of azo groups is 1. The second kappa shape index (κ2) is 8.08. The van der Waals surface area contributed by atoms with Crippen molar-refractivity contribution in [2.45, 2.75) is 11.8 Å². The van der Waals surface area contributed by atoms with Gasteiger partial charge in [0.2, 0.25) is 0 Å². The molecule has 0 unspecified atom stereocenters. The second-order valence-corrected chi connectivity index (χ2v) is 8.61. The number of rotatable bonds is 5. The van der Waals surface area contributed by atoms with E-state index in [1.54, 1.807) is 42.5 Å². The smallest absolute Gasteiger partial charge is 0.261 e. The van der Waals surface area contributed by atoms with Crippen LogP contribution < -0.4 is 4.72 Å². The maximum absolute atomic E-state index is 12.7. The zero-order valence-electron chi connectivity index (χ0n) is 16.5. The van der Waals surface area contributed by atoms with E-state index >= 15 is 0 Å². The normalized spacial score (nSPS) is 11.8. The van der Waals surface area contributed by atoms with Crippen molar-refractivity contribution in [1.29, 1.82) is 0 Å². The lowest BCUT2D eigenvalue weighted by Crippen LogP contribution is -2.12. The van der Waals surface area contributed by atoms with Gasteiger partial charge in [-0.3, -0.25) is 4.72 Å². The molecule has 0 fully saturated rings. The van der Waals surface area contributed by atoms with Crippen LogP contribution in [0.3, 0.4) is 0 Å². The molecule has 0 aliphatic rings. The van der Waals surface area contributed by atoms with Gasteiger partial charge in [0.1, 0.15) is 17.1 Å². The van der Waals surface area contributed by atoms with Crippen LogP contribution in [-0.4, -0.2) is 18.6 Å². The van der Waals surface area contributed by atoms with Crippen molar-refractivity contribution < 1.29 is 18.6 Å². The molecule has 0 amide bonds. The zero-order valence-corrected chi connectivity index (χ0v) is 17.3. The fourth-order valence-electron chi connectivity index (χ4n) is 3.18. The number of aromatic hydroxyl groups is 2. The maximum atomic E-state index is 12.7. The predicted molar refractivity (Wildman–Crippen MR) is 120 cm³/mol. The third kappa shape index (κ3) is 4.19. The summed E-state index contributed by atoms with van der Waals surface area (Å²) in [6.45, 7) is 1.89. The van der Waals surface area contributed by atoms with Gasteiger partial charge in [-0.25, -0.2) is 8.42 Å². The summed E-state index contributed by atoms with van der Waals surface area (Å²) in [7, 11) is -3.89. The van der Waals surface area contributed by atoms with Gasteiger partial charge in [-0.15, -0.1) is 10.2 Å². The lowest BCUT2D eigenvalue weighted by atomic mass is 10.0. The highest BCUT2D eigenvalue weighted by atomic mass is 32.2. The van der Waals surface area contributed by atoms with E-state index in [2.05, 4.69) is 15.0 Å². The van der Waals surface area contributed by atoms with Crippen LogP contribution in [0.5, 0.6) is 11.5 Å². The first-order chi connectivity index (χ1) is 14.8. The van der Waals surface area contributed by atoms with E-state index in [4.69, 9.17) is 0 Å². The minimum absolute atomic E-state index is 0.0406. The first-order valence-corrected chi connectivity index (χ1v) is 10.9. The van der Waals surface area contributed by atoms with Crippen LogP contribution in [-0.2, 0) is 10.0 Å². The zero-order chi connectivity index (χ0) is 22.0. The summed E-state index contributed by atoms with van der Waals surface area (Å²) in [5, 5.41) is 30.2. The molecule has 0 atom stereocenters. The quantitative estimate of drug-likeness (QED) is 0.347. The molecular formula is C23H19N3O4S. The molecule has 0 spiro atoms. The highest BCUT2D eigenvalue weighted by Crippen LogP contribution is 2.38. The number of anilines is 1. The number of benzene rings is 4. The summed E-state index contributed by atoms with van der Waals surface area (Å²) in [5.41, 5.74) is 1.48. The average molecular weight is 433 g/mol. The summed E-state index contributed by atoms with van der Waals surface area (Å²) in [6.07, 6.45) is 0. The predicted octanol–water partition coefficient (Wildman–Crippen LogP) is 5.78. The van der Waals surface area contributed by atoms with Crippen molar-refractivity contribution in [3.63, 3.8) is 0 Å². The molecule has 0 radical (unpaired) electrons. The first-order valence-electron chi connectivity index (χ1n) is 9.39. The Bertz CT molecular complexity index is 1400. The third-order valence-electron chi connectivity index (χ3n) is 4.75. The van der Waals surface area contributed by atoms with Gasteiger partial charge in [-0.1, -0.05) is 42.5 Å². The molecule has 4 aromatic carbocycles. The molecule has 0 saturated carbocycles. The van der Waals surface area contributed by atoms with Gasteiger partial charge in [0.15, 0.2) is 5.75 Å². The number of aryl methyl sites for hydroxylation is 1. The summed E-state index contributed by atoms with van der Waals surface area (Å²) >= 11 is 0. The number of phenolic OH excluding ortho intramolecular Hbond substituents is 2. The van der Waals surface area contributed by atoms with Crippen LogP contribution in [0, 0.1) is 6.92 Å². The highest BCUT2D eigenvalue weighted by Gasteiger charge is 2.17. The Balaban J connectivity index is 1.69. The molecule has 4 aromatic rings. The monoisotopic (exact) mass is 433 g/mol. The van der Waals surface area contributed by atoms with E-state index in [1.165, 1.54) is 18.2 Å². The van der Waals surface area contributed by atoms with Gasteiger partial charge in [-0.05, 0) is 54.3 Å². The molecule has 8 heteroatoms. The topological polar surface area (TPSA) is 111 Å². The highest BCUT2D eigenvalue weighted by molar-refractivity contribution is 7.92. The number of phenols is 2. The Morgan fingerprint density at radius 1 is 0.774 bits per heavy atom. The Kier molecular flexibility index (Phi) is 5.31. The van der Waals surface area contributed by atoms with Crippen LogP contribution in [0.2, 0.25) is 0 Å². The molecule has 0 aliphatic carbocycles. The van der Waals surface area contributed by atoms with E-state index in [0.29, 0.717) is 11.1 Å². The van der Waals surface area contributed by atoms with Crippen LogP contribution in [0.15, 0.2) is 94.0 Å². The summed E-state index contributed by atoms with van der Waals surface area (Å²) in [4.78, 5) is -0.0815. The molecule has 0 saturated heterocycles. The van der Waals surface area contributed by atoms with Crippen LogP contribution in [0.4, 0.5) is 17.1 Å². The molecular weight excluding hydrogens is 414 g/mol. The fraction of sp³-hybridized carbons (Fsp3) is 0.0435. The number of sulfonamides is 1. The lowest BCUT2D eigenvalue weighted by molar-refractivity contribution is 0.475. The molecule has 0 heterocycles. The molecule has 3 N–H and O–H groups in total. The SMILES string of the molecule is Cc1cc(N=Nc2cc(S(=O)(=O)Nc3ccccc3)ccc2O)c(O)c2ccccc12. The molecule has 0 bridgehead atoms. The number of para-hydroxylation sites is 1. The number of nitrogens with zero attached hydrogens (tertiary/aromatic N) is 2. The average Bonchev–Trinajstić information content (AvgIpc) is 2.76. The standard InChI is InChI=1S/C23H19N3O4S/c1-15-13-21(23(28)19-10-6-5-9-18(15)19)25-24-20-14-17(11-12-22(20)27)31(29,30)26-16-7-3-2-4-8-16/h2-14,26-28H,1H3. The Morgan fingerprint density at radius 2 is 1.42 bits per heavy atom. The number of hydrogen-bond acceptors (Lipinski definition) is 6. The van der Waals surface area contributed by atoms with Gasteiger partial charge in [0.05, 0.1) is 4.90 Å². The molecule has 7 nitrogen and oxygen atoms in total. The van der Waals surface area contributed by atoms with E-state index in [0.717, 1.165) is 10.9 Å². The van der Waals surface area contributed by atoms with Crippen LogP contribution in [0.25, 0.3) is 10.8 Å². The second-order valence-electron chi connectivity index (χ2n) is 6.93. The number of nitrogens with one attached hydrogen (secondary N) is 1.